The van der Waals surface area contributed by atoms with Crippen LogP contribution in [0.2, 0.25) is 0 Å². The molecule has 0 aromatic carbocycles. The maximum absolute atomic E-state index is 4.62. The van der Waals surface area contributed by atoms with Gasteiger partial charge in [0.15, 0.2) is 0 Å². The first kappa shape index (κ1) is 16.2. The Balaban J connectivity index is 2.30. The molecule has 3 heteroatoms. The summed E-state index contributed by atoms with van der Waals surface area (Å²) in [7, 11) is 0. The van der Waals surface area contributed by atoms with Crippen LogP contribution in [0.1, 0.15) is 71.5 Å². The second kappa shape index (κ2) is 9.13. The predicted octanol–water partition coefficient (Wildman–Crippen LogP) is 4.16. The van der Waals surface area contributed by atoms with E-state index in [1.807, 2.05) is 0 Å². The Labute approximate surface area is 118 Å². The monoisotopic (exact) mass is 265 g/mol. The van der Waals surface area contributed by atoms with Crippen LogP contribution in [0.5, 0.6) is 0 Å². The molecule has 1 aromatic heterocycles. The van der Waals surface area contributed by atoms with Gasteiger partial charge in [0.2, 0.25) is 0 Å². The molecular formula is C16H31N3. The van der Waals surface area contributed by atoms with Crippen LogP contribution in [-0.4, -0.2) is 16.3 Å². The minimum atomic E-state index is 0.502. The molecule has 0 saturated carbocycles. The minimum absolute atomic E-state index is 0.502. The molecule has 110 valence electrons. The normalized spacial score (nSPS) is 14.5. The summed E-state index contributed by atoms with van der Waals surface area (Å²) in [5.41, 5.74) is 1.16. The Bertz CT molecular complexity index is 332. The summed E-state index contributed by atoms with van der Waals surface area (Å²) in [5, 5.41) is 8.18. The lowest BCUT2D eigenvalue weighted by molar-refractivity contribution is 0.415. The van der Waals surface area contributed by atoms with Crippen LogP contribution in [-0.2, 0) is 6.54 Å². The molecule has 0 bridgehead atoms. The van der Waals surface area contributed by atoms with Gasteiger partial charge in [-0.2, -0.15) is 5.10 Å². The van der Waals surface area contributed by atoms with Gasteiger partial charge in [0, 0.05) is 18.8 Å². The molecule has 2 unspecified atom stereocenters. The quantitative estimate of drug-likeness (QED) is 0.688. The third-order valence-corrected chi connectivity index (χ3v) is 3.99. The molecule has 1 heterocycles. The molecule has 0 fully saturated rings. The number of aromatic nitrogens is 2. The van der Waals surface area contributed by atoms with Crippen LogP contribution in [0, 0.1) is 5.92 Å². The highest BCUT2D eigenvalue weighted by Crippen LogP contribution is 2.12. The standard InChI is InChI=1S/C16H31N3/c1-5-8-9-15(7-3)12-17-13-16-10-11-19(18-16)14(4)6-2/h10-11,14-15,17H,5-9,12-13H2,1-4H3. The Morgan fingerprint density at radius 2 is 2.05 bits per heavy atom. The van der Waals surface area contributed by atoms with Gasteiger partial charge in [0.1, 0.15) is 0 Å². The SMILES string of the molecule is CCCCC(CC)CNCc1ccn(C(C)CC)n1. The highest BCUT2D eigenvalue weighted by molar-refractivity contribution is 4.99. The number of rotatable bonds is 10. The largest absolute Gasteiger partial charge is 0.311 e. The van der Waals surface area contributed by atoms with Gasteiger partial charge in [-0.3, -0.25) is 4.68 Å². The van der Waals surface area contributed by atoms with Crippen LogP contribution in [0.4, 0.5) is 0 Å². The van der Waals surface area contributed by atoms with Gasteiger partial charge in [-0.25, -0.2) is 0 Å². The fourth-order valence-corrected chi connectivity index (χ4v) is 2.25. The number of unbranched alkanes of at least 4 members (excludes halogenated alkanes) is 1. The van der Waals surface area contributed by atoms with Crippen LogP contribution < -0.4 is 5.32 Å². The average Bonchev–Trinajstić information content (AvgIpc) is 2.90. The van der Waals surface area contributed by atoms with Crippen molar-refractivity contribution in [1.29, 1.82) is 0 Å². The zero-order chi connectivity index (χ0) is 14.1. The van der Waals surface area contributed by atoms with Crippen LogP contribution in [0.3, 0.4) is 0 Å². The fourth-order valence-electron chi connectivity index (χ4n) is 2.25. The second-order valence-corrected chi connectivity index (χ2v) is 5.59. The molecule has 0 aliphatic heterocycles. The summed E-state index contributed by atoms with van der Waals surface area (Å²) in [6, 6.07) is 2.63. The topological polar surface area (TPSA) is 29.9 Å². The van der Waals surface area contributed by atoms with Crippen LogP contribution >= 0.6 is 0 Å². The summed E-state index contributed by atoms with van der Waals surface area (Å²) >= 11 is 0. The van der Waals surface area contributed by atoms with Gasteiger partial charge in [0.25, 0.3) is 0 Å². The molecule has 0 aliphatic carbocycles. The number of hydrogen-bond acceptors (Lipinski definition) is 2. The Hall–Kier alpha value is -0.830. The molecule has 0 amide bonds. The molecule has 1 aromatic rings. The van der Waals surface area contributed by atoms with E-state index in [1.165, 1.54) is 25.7 Å². The first-order chi connectivity index (χ1) is 9.21. The highest BCUT2D eigenvalue weighted by atomic mass is 15.3. The average molecular weight is 265 g/mol. The molecule has 0 radical (unpaired) electrons. The molecule has 19 heavy (non-hydrogen) atoms. The lowest BCUT2D eigenvalue weighted by Gasteiger charge is -2.14. The lowest BCUT2D eigenvalue weighted by atomic mass is 9.99. The summed E-state index contributed by atoms with van der Waals surface area (Å²) in [4.78, 5) is 0. The summed E-state index contributed by atoms with van der Waals surface area (Å²) in [6.07, 6.45) is 8.50. The first-order valence-electron chi connectivity index (χ1n) is 7.95. The van der Waals surface area contributed by atoms with E-state index in [-0.39, 0.29) is 0 Å². The number of hydrogen-bond donors (Lipinski definition) is 1. The molecule has 3 nitrogen and oxygen atoms in total. The van der Waals surface area contributed by atoms with Crippen molar-refractivity contribution in [2.75, 3.05) is 6.54 Å². The van der Waals surface area contributed by atoms with Crippen molar-refractivity contribution in [1.82, 2.24) is 15.1 Å². The molecule has 0 saturated heterocycles. The van der Waals surface area contributed by atoms with Crippen molar-refractivity contribution in [2.45, 2.75) is 72.4 Å². The fraction of sp³-hybridized carbons (Fsp3) is 0.812. The van der Waals surface area contributed by atoms with E-state index in [2.05, 4.69) is 55.1 Å². The molecule has 1 N–H and O–H groups in total. The van der Waals surface area contributed by atoms with Crippen molar-refractivity contribution in [3.63, 3.8) is 0 Å². The van der Waals surface area contributed by atoms with E-state index >= 15 is 0 Å². The zero-order valence-electron chi connectivity index (χ0n) is 13.2. The molecule has 2 atom stereocenters. The first-order valence-corrected chi connectivity index (χ1v) is 7.95. The summed E-state index contributed by atoms with van der Waals surface area (Å²) < 4.78 is 2.07. The van der Waals surface area contributed by atoms with E-state index in [9.17, 15) is 0 Å². The van der Waals surface area contributed by atoms with Crippen molar-refractivity contribution in [3.8, 4) is 0 Å². The Kier molecular flexibility index (Phi) is 7.80. The van der Waals surface area contributed by atoms with Crippen LogP contribution in [0.15, 0.2) is 12.3 Å². The van der Waals surface area contributed by atoms with E-state index < -0.39 is 0 Å². The maximum atomic E-state index is 4.62. The smallest absolute Gasteiger partial charge is 0.0762 e. The maximum Gasteiger partial charge on any atom is 0.0762 e. The third kappa shape index (κ3) is 5.77. The lowest BCUT2D eigenvalue weighted by Crippen LogP contribution is -2.22. The van der Waals surface area contributed by atoms with E-state index in [0.29, 0.717) is 6.04 Å². The molecular weight excluding hydrogens is 234 g/mol. The van der Waals surface area contributed by atoms with Crippen molar-refractivity contribution in [3.05, 3.63) is 18.0 Å². The van der Waals surface area contributed by atoms with Gasteiger partial charge >= 0.3 is 0 Å². The van der Waals surface area contributed by atoms with Gasteiger partial charge in [0.05, 0.1) is 5.69 Å². The number of nitrogens with zero attached hydrogens (tertiary/aromatic N) is 2. The van der Waals surface area contributed by atoms with Crippen molar-refractivity contribution >= 4 is 0 Å². The summed E-state index contributed by atoms with van der Waals surface area (Å²) in [5.74, 6) is 0.816. The minimum Gasteiger partial charge on any atom is -0.311 e. The third-order valence-electron chi connectivity index (χ3n) is 3.99. The predicted molar refractivity (Wildman–Crippen MR) is 82.2 cm³/mol. The Morgan fingerprint density at radius 1 is 1.26 bits per heavy atom. The van der Waals surface area contributed by atoms with E-state index in [0.717, 1.165) is 31.1 Å². The molecule has 1 rings (SSSR count). The second-order valence-electron chi connectivity index (χ2n) is 5.59. The summed E-state index contributed by atoms with van der Waals surface area (Å²) in [6.45, 7) is 11.0. The van der Waals surface area contributed by atoms with Crippen molar-refractivity contribution < 1.29 is 0 Å². The van der Waals surface area contributed by atoms with Gasteiger partial charge in [-0.1, -0.05) is 40.0 Å². The van der Waals surface area contributed by atoms with Gasteiger partial charge in [-0.15, -0.1) is 0 Å². The van der Waals surface area contributed by atoms with Gasteiger partial charge in [-0.05, 0) is 38.3 Å². The van der Waals surface area contributed by atoms with E-state index in [4.69, 9.17) is 0 Å². The zero-order valence-corrected chi connectivity index (χ0v) is 13.2. The van der Waals surface area contributed by atoms with Crippen LogP contribution in [0.25, 0.3) is 0 Å². The van der Waals surface area contributed by atoms with E-state index in [1.54, 1.807) is 0 Å². The van der Waals surface area contributed by atoms with Crippen molar-refractivity contribution in [2.24, 2.45) is 5.92 Å². The Morgan fingerprint density at radius 3 is 2.68 bits per heavy atom. The molecule has 0 spiro atoms. The number of nitrogens with one attached hydrogen (secondary N) is 1. The van der Waals surface area contributed by atoms with Gasteiger partial charge < -0.3 is 5.32 Å². The molecule has 0 aliphatic rings. The highest BCUT2D eigenvalue weighted by Gasteiger charge is 2.07.